The summed E-state index contributed by atoms with van der Waals surface area (Å²) in [7, 11) is -4.59. The first-order valence-corrected chi connectivity index (χ1v) is 12.4. The van der Waals surface area contributed by atoms with Crippen molar-refractivity contribution in [1.29, 1.82) is 0 Å². The van der Waals surface area contributed by atoms with E-state index in [2.05, 4.69) is 4.98 Å². The molecule has 0 aliphatic carbocycles. The standard InChI is InChI=1S/C22H26N3O11P/c1-5-22(30)17(26)16(34-19(22)25-12-23-20(28)24-21(25)29)11-32-37(31,36-15-9-7-6-8-10-15)35-14(4)18(27)33-13(2)3/h1,6-10,12-14,16-17,19,26,30H,11H2,2-4H3,(H,24,28,29)/t14-,16+,17?,19+,22+,37-/m0/s1. The van der Waals surface area contributed by atoms with Gasteiger partial charge in [-0.15, -0.1) is 6.42 Å². The first-order chi connectivity index (χ1) is 17.4. The first-order valence-electron chi connectivity index (χ1n) is 11.0. The highest BCUT2D eigenvalue weighted by Gasteiger charge is 2.56. The number of aliphatic hydroxyl groups excluding tert-OH is 1. The number of hydrogen-bond donors (Lipinski definition) is 3. The van der Waals surface area contributed by atoms with Gasteiger partial charge in [0.15, 0.2) is 17.9 Å². The molecule has 2 aromatic rings. The van der Waals surface area contributed by atoms with E-state index in [4.69, 9.17) is 29.5 Å². The van der Waals surface area contributed by atoms with Crippen molar-refractivity contribution in [2.24, 2.45) is 0 Å². The number of carbonyl (C=O) groups is 1. The van der Waals surface area contributed by atoms with Crippen LogP contribution in [0.2, 0.25) is 0 Å². The van der Waals surface area contributed by atoms with Gasteiger partial charge in [0, 0.05) is 0 Å². The van der Waals surface area contributed by atoms with Gasteiger partial charge in [-0.1, -0.05) is 24.1 Å². The Morgan fingerprint density at radius 3 is 2.59 bits per heavy atom. The van der Waals surface area contributed by atoms with E-state index in [9.17, 15) is 29.2 Å². The topological polar surface area (TPSA) is 188 Å². The SMILES string of the molecule is C#C[C@@]1(O)C(O)[C@@H](CO[P@](=O)(Oc2ccccc2)O[C@@H](C)C(=O)OC(C)C)O[C@H]1n1cnc(=O)[nH]c1=O. The summed E-state index contributed by atoms with van der Waals surface area (Å²) in [6.45, 7) is 3.78. The molecule has 37 heavy (non-hydrogen) atoms. The van der Waals surface area contributed by atoms with Gasteiger partial charge in [-0.2, -0.15) is 4.98 Å². The summed E-state index contributed by atoms with van der Waals surface area (Å²) in [6, 6.07) is 7.78. The van der Waals surface area contributed by atoms with Gasteiger partial charge in [-0.25, -0.2) is 18.9 Å². The largest absolute Gasteiger partial charge is 0.530 e. The van der Waals surface area contributed by atoms with Crippen molar-refractivity contribution in [3.63, 3.8) is 0 Å². The van der Waals surface area contributed by atoms with E-state index in [1.807, 2.05) is 10.9 Å². The minimum atomic E-state index is -4.59. The molecule has 1 aromatic carbocycles. The third-order valence-corrected chi connectivity index (χ3v) is 6.52. The minimum Gasteiger partial charge on any atom is -0.461 e. The number of esters is 1. The summed E-state index contributed by atoms with van der Waals surface area (Å²) in [5, 5.41) is 21.6. The number of aliphatic hydroxyl groups is 2. The summed E-state index contributed by atoms with van der Waals surface area (Å²) in [5.74, 6) is 1.21. The lowest BCUT2D eigenvalue weighted by atomic mass is 9.95. The molecule has 0 radical (unpaired) electrons. The number of benzene rings is 1. The Balaban J connectivity index is 1.84. The molecule has 1 aromatic heterocycles. The molecule has 0 saturated carbocycles. The second kappa shape index (κ2) is 11.4. The summed E-state index contributed by atoms with van der Waals surface area (Å²) in [6.07, 6.45) is -0.710. The van der Waals surface area contributed by atoms with E-state index >= 15 is 0 Å². The highest BCUT2D eigenvalue weighted by molar-refractivity contribution is 7.49. The molecular formula is C22H26N3O11P. The van der Waals surface area contributed by atoms with Gasteiger partial charge >= 0.3 is 25.2 Å². The maximum absolute atomic E-state index is 13.5. The van der Waals surface area contributed by atoms with Gasteiger partial charge in [0.25, 0.3) is 0 Å². The van der Waals surface area contributed by atoms with E-state index in [0.29, 0.717) is 4.57 Å². The van der Waals surface area contributed by atoms with Crippen molar-refractivity contribution in [1.82, 2.24) is 14.5 Å². The van der Waals surface area contributed by atoms with E-state index in [-0.39, 0.29) is 5.75 Å². The quantitative estimate of drug-likeness (QED) is 0.210. The van der Waals surface area contributed by atoms with Crippen molar-refractivity contribution in [3.05, 3.63) is 57.6 Å². The fourth-order valence-corrected chi connectivity index (χ4v) is 4.62. The molecule has 0 spiro atoms. The zero-order valence-electron chi connectivity index (χ0n) is 20.0. The normalized spacial score (nSPS) is 25.7. The first kappa shape index (κ1) is 28.3. The van der Waals surface area contributed by atoms with Crippen LogP contribution in [-0.4, -0.2) is 67.3 Å². The minimum absolute atomic E-state index is 0.0759. The van der Waals surface area contributed by atoms with Crippen molar-refractivity contribution in [2.45, 2.75) is 57.0 Å². The fourth-order valence-electron chi connectivity index (χ4n) is 3.28. The number of carbonyl (C=O) groups excluding carboxylic acids is 1. The number of nitrogens with zero attached hydrogens (tertiary/aromatic N) is 2. The molecular weight excluding hydrogens is 513 g/mol. The molecule has 15 heteroatoms. The predicted molar refractivity (Wildman–Crippen MR) is 125 cm³/mol. The third kappa shape index (κ3) is 6.53. The van der Waals surface area contributed by atoms with Gasteiger partial charge in [0.2, 0.25) is 0 Å². The van der Waals surface area contributed by atoms with Crippen molar-refractivity contribution >= 4 is 13.8 Å². The van der Waals surface area contributed by atoms with Crippen LogP contribution in [0.1, 0.15) is 27.0 Å². The molecule has 1 aliphatic rings. The van der Waals surface area contributed by atoms with Gasteiger partial charge in [-0.05, 0) is 32.9 Å². The molecule has 6 atom stereocenters. The number of nitrogens with one attached hydrogen (secondary N) is 1. The van der Waals surface area contributed by atoms with Gasteiger partial charge in [0.1, 0.15) is 24.3 Å². The third-order valence-electron chi connectivity index (χ3n) is 5.04. The average Bonchev–Trinajstić information content (AvgIpc) is 3.08. The van der Waals surface area contributed by atoms with Crippen LogP contribution in [0.15, 0.2) is 46.2 Å². The molecule has 3 N–H and O–H groups in total. The maximum atomic E-state index is 13.5. The molecule has 1 fully saturated rings. The number of ether oxygens (including phenoxy) is 2. The second-order valence-electron chi connectivity index (χ2n) is 8.21. The van der Waals surface area contributed by atoms with Gasteiger partial charge in [-0.3, -0.25) is 18.6 Å². The monoisotopic (exact) mass is 539 g/mol. The van der Waals surface area contributed by atoms with Crippen molar-refractivity contribution in [3.8, 4) is 18.1 Å². The van der Waals surface area contributed by atoms with Gasteiger partial charge in [0.05, 0.1) is 12.7 Å². The Labute approximate surface area is 210 Å². The van der Waals surface area contributed by atoms with Crippen molar-refractivity contribution in [2.75, 3.05) is 6.61 Å². The smallest absolute Gasteiger partial charge is 0.461 e. The number of para-hydroxylation sites is 1. The Hall–Kier alpha value is -3.31. The number of aromatic nitrogens is 3. The number of rotatable bonds is 10. The lowest BCUT2D eigenvalue weighted by Crippen LogP contribution is -2.48. The molecule has 0 bridgehead atoms. The Bertz CT molecular complexity index is 1310. The summed E-state index contributed by atoms with van der Waals surface area (Å²) < 4.78 is 40.8. The molecule has 14 nitrogen and oxygen atoms in total. The summed E-state index contributed by atoms with van der Waals surface area (Å²) in [4.78, 5) is 41.0. The number of phosphoric ester groups is 1. The van der Waals surface area contributed by atoms with Crippen LogP contribution >= 0.6 is 7.82 Å². The Morgan fingerprint density at radius 1 is 1.32 bits per heavy atom. The Morgan fingerprint density at radius 2 is 2.00 bits per heavy atom. The number of H-pyrrole nitrogens is 1. The molecule has 2 heterocycles. The molecule has 3 rings (SSSR count). The van der Waals surface area contributed by atoms with E-state index in [1.165, 1.54) is 19.1 Å². The second-order valence-corrected chi connectivity index (χ2v) is 9.76. The van der Waals surface area contributed by atoms with Crippen LogP contribution in [0.5, 0.6) is 5.75 Å². The van der Waals surface area contributed by atoms with E-state index in [1.54, 1.807) is 32.0 Å². The van der Waals surface area contributed by atoms with Crippen LogP contribution in [0.25, 0.3) is 0 Å². The number of hydrogen-bond acceptors (Lipinski definition) is 12. The number of aromatic amines is 1. The van der Waals surface area contributed by atoms with Crippen LogP contribution in [-0.2, 0) is 27.9 Å². The van der Waals surface area contributed by atoms with E-state index in [0.717, 1.165) is 6.33 Å². The summed E-state index contributed by atoms with van der Waals surface area (Å²) >= 11 is 0. The van der Waals surface area contributed by atoms with Crippen LogP contribution < -0.4 is 15.9 Å². The Kier molecular flexibility index (Phi) is 8.70. The summed E-state index contributed by atoms with van der Waals surface area (Å²) in [5.41, 5.74) is -4.45. The predicted octanol–water partition coefficient (Wildman–Crippen LogP) is 0.115. The van der Waals surface area contributed by atoms with E-state index < -0.39 is 68.0 Å². The van der Waals surface area contributed by atoms with Crippen molar-refractivity contribution < 1.29 is 42.6 Å². The molecule has 1 saturated heterocycles. The highest BCUT2D eigenvalue weighted by Crippen LogP contribution is 2.51. The number of terminal acetylenes is 1. The lowest BCUT2D eigenvalue weighted by molar-refractivity contribution is -0.156. The lowest BCUT2D eigenvalue weighted by Gasteiger charge is -2.26. The number of phosphoric acid groups is 1. The highest BCUT2D eigenvalue weighted by atomic mass is 31.2. The average molecular weight is 539 g/mol. The molecule has 200 valence electrons. The van der Waals surface area contributed by atoms with Crippen LogP contribution in [0, 0.1) is 12.3 Å². The molecule has 1 aliphatic heterocycles. The fraction of sp³-hybridized carbons (Fsp3) is 0.455. The molecule has 0 amide bonds. The van der Waals surface area contributed by atoms with Crippen LogP contribution in [0.4, 0.5) is 0 Å². The van der Waals surface area contributed by atoms with Crippen LogP contribution in [0.3, 0.4) is 0 Å². The zero-order chi connectivity index (χ0) is 27.4. The van der Waals surface area contributed by atoms with Gasteiger partial charge < -0.3 is 24.2 Å². The maximum Gasteiger partial charge on any atom is 0.530 e. The molecule has 1 unspecified atom stereocenters. The zero-order valence-corrected chi connectivity index (χ0v) is 20.9.